The Morgan fingerprint density at radius 3 is 3.00 bits per heavy atom. The molecule has 1 aliphatic heterocycles. The molecule has 0 spiro atoms. The van der Waals surface area contributed by atoms with Gasteiger partial charge in [-0.25, -0.2) is 0 Å². The fraction of sp³-hybridized carbons (Fsp3) is 0.538. The number of hydrogen-bond acceptors (Lipinski definition) is 2. The van der Waals surface area contributed by atoms with Gasteiger partial charge >= 0.3 is 0 Å². The molecule has 0 amide bonds. The summed E-state index contributed by atoms with van der Waals surface area (Å²) in [7, 11) is 0. The summed E-state index contributed by atoms with van der Waals surface area (Å²) in [4.78, 5) is 0. The number of halogens is 2. The minimum atomic E-state index is 0.307. The lowest BCUT2D eigenvalue weighted by Crippen LogP contribution is -2.28. The van der Waals surface area contributed by atoms with Gasteiger partial charge in [0.25, 0.3) is 0 Å². The van der Waals surface area contributed by atoms with E-state index < -0.39 is 0 Å². The van der Waals surface area contributed by atoms with Gasteiger partial charge in [-0.15, -0.1) is 0 Å². The number of ether oxygens (including phenoxy) is 1. The molecule has 0 aromatic heterocycles. The van der Waals surface area contributed by atoms with Gasteiger partial charge in [0.1, 0.15) is 5.75 Å². The molecule has 1 atom stereocenters. The molecule has 0 saturated carbocycles. The quantitative estimate of drug-likeness (QED) is 0.830. The molecule has 1 N–H and O–H groups in total. The molecular weight excluding hydrogens is 257 g/mol. The van der Waals surface area contributed by atoms with Crippen LogP contribution in [0.4, 0.5) is 0 Å². The average Bonchev–Trinajstić information content (AvgIpc) is 2.30. The maximum absolute atomic E-state index is 6.14. The maximum atomic E-state index is 6.14. The van der Waals surface area contributed by atoms with Crippen LogP contribution in [0.1, 0.15) is 37.8 Å². The van der Waals surface area contributed by atoms with Gasteiger partial charge in [-0.05, 0) is 25.1 Å². The van der Waals surface area contributed by atoms with Gasteiger partial charge in [0.15, 0.2) is 0 Å². The van der Waals surface area contributed by atoms with Crippen molar-refractivity contribution in [3.63, 3.8) is 0 Å². The zero-order valence-electron chi connectivity index (χ0n) is 9.93. The van der Waals surface area contributed by atoms with Gasteiger partial charge in [-0.3, -0.25) is 0 Å². The lowest BCUT2D eigenvalue weighted by atomic mass is 10.0. The highest BCUT2D eigenvalue weighted by atomic mass is 35.5. The Balaban J connectivity index is 2.18. The predicted molar refractivity (Wildman–Crippen MR) is 72.2 cm³/mol. The first-order chi connectivity index (χ1) is 8.22. The van der Waals surface area contributed by atoms with E-state index in [1.807, 2.05) is 6.07 Å². The summed E-state index contributed by atoms with van der Waals surface area (Å²) in [5.41, 5.74) is 1.09. The van der Waals surface area contributed by atoms with Crippen molar-refractivity contribution in [1.29, 1.82) is 0 Å². The molecule has 1 unspecified atom stereocenters. The second-order valence-corrected chi connectivity index (χ2v) is 5.15. The van der Waals surface area contributed by atoms with Crippen molar-refractivity contribution in [3.05, 3.63) is 27.7 Å². The van der Waals surface area contributed by atoms with Crippen LogP contribution in [0.5, 0.6) is 5.75 Å². The number of benzene rings is 1. The highest BCUT2D eigenvalue weighted by Crippen LogP contribution is 2.39. The van der Waals surface area contributed by atoms with E-state index in [0.29, 0.717) is 22.7 Å². The van der Waals surface area contributed by atoms with E-state index in [0.717, 1.165) is 24.3 Å². The van der Waals surface area contributed by atoms with Crippen molar-refractivity contribution >= 4 is 23.2 Å². The number of nitrogens with one attached hydrogen (secondary N) is 1. The van der Waals surface area contributed by atoms with Crippen LogP contribution in [0, 0.1) is 0 Å². The molecule has 0 radical (unpaired) electrons. The van der Waals surface area contributed by atoms with Gasteiger partial charge in [0.05, 0.1) is 11.6 Å². The summed E-state index contributed by atoms with van der Waals surface area (Å²) in [6.45, 7) is 3.91. The second-order valence-electron chi connectivity index (χ2n) is 4.30. The molecule has 2 rings (SSSR count). The minimum absolute atomic E-state index is 0.307. The Morgan fingerprint density at radius 2 is 2.24 bits per heavy atom. The van der Waals surface area contributed by atoms with Crippen molar-refractivity contribution in [1.82, 2.24) is 5.32 Å². The maximum Gasteiger partial charge on any atom is 0.142 e. The molecule has 4 heteroatoms. The third-order valence-electron chi connectivity index (χ3n) is 2.99. The normalized spacial score (nSPS) is 18.6. The van der Waals surface area contributed by atoms with Crippen LogP contribution in [-0.4, -0.2) is 13.2 Å². The van der Waals surface area contributed by atoms with Crippen molar-refractivity contribution < 1.29 is 4.74 Å². The molecule has 1 heterocycles. The fourth-order valence-corrected chi connectivity index (χ4v) is 2.65. The molecular formula is C13H17Cl2NO. The van der Waals surface area contributed by atoms with Crippen molar-refractivity contribution in [2.75, 3.05) is 13.2 Å². The van der Waals surface area contributed by atoms with Gasteiger partial charge < -0.3 is 10.1 Å². The summed E-state index contributed by atoms with van der Waals surface area (Å²) in [5.74, 6) is 0.788. The minimum Gasteiger partial charge on any atom is -0.492 e. The van der Waals surface area contributed by atoms with E-state index in [1.165, 1.54) is 12.8 Å². The Bertz CT molecular complexity index is 395. The first-order valence-corrected chi connectivity index (χ1v) is 6.83. The molecule has 1 aromatic rings. The lowest BCUT2D eigenvalue weighted by molar-refractivity contribution is 0.253. The van der Waals surface area contributed by atoms with E-state index in [-0.39, 0.29) is 0 Å². The fourth-order valence-electron chi connectivity index (χ4n) is 2.09. The van der Waals surface area contributed by atoms with Crippen LogP contribution in [0.2, 0.25) is 10.0 Å². The summed E-state index contributed by atoms with van der Waals surface area (Å²) in [6.07, 6.45) is 3.34. The first-order valence-electron chi connectivity index (χ1n) is 6.07. The molecule has 2 nitrogen and oxygen atoms in total. The third-order valence-corrected chi connectivity index (χ3v) is 3.49. The van der Waals surface area contributed by atoms with E-state index in [1.54, 1.807) is 6.07 Å². The summed E-state index contributed by atoms with van der Waals surface area (Å²) >= 11 is 12.2. The second kappa shape index (κ2) is 5.94. The van der Waals surface area contributed by atoms with Gasteiger partial charge in [0, 0.05) is 23.0 Å². The van der Waals surface area contributed by atoms with E-state index >= 15 is 0 Å². The zero-order chi connectivity index (χ0) is 12.3. The van der Waals surface area contributed by atoms with E-state index in [9.17, 15) is 0 Å². The van der Waals surface area contributed by atoms with Crippen LogP contribution >= 0.6 is 23.2 Å². The summed E-state index contributed by atoms with van der Waals surface area (Å²) < 4.78 is 5.62. The third kappa shape index (κ3) is 3.06. The SMILES string of the molecule is CCCCNC1CCOc2c(Cl)cc(Cl)cc21. The van der Waals surface area contributed by atoms with Crippen LogP contribution in [-0.2, 0) is 0 Å². The van der Waals surface area contributed by atoms with Crippen molar-refractivity contribution in [2.24, 2.45) is 0 Å². The Hall–Kier alpha value is -0.440. The molecule has 0 saturated heterocycles. The molecule has 1 aromatic carbocycles. The predicted octanol–water partition coefficient (Wildman–Crippen LogP) is 4.21. The first kappa shape index (κ1) is 13.0. The molecule has 1 aliphatic rings. The van der Waals surface area contributed by atoms with Gasteiger partial charge in [-0.2, -0.15) is 0 Å². The molecule has 0 aliphatic carbocycles. The van der Waals surface area contributed by atoms with Crippen LogP contribution < -0.4 is 10.1 Å². The number of rotatable bonds is 4. The van der Waals surface area contributed by atoms with Crippen LogP contribution in [0.25, 0.3) is 0 Å². The average molecular weight is 274 g/mol. The standard InChI is InChI=1S/C13H17Cl2NO/c1-2-3-5-16-12-4-6-17-13-10(12)7-9(14)8-11(13)15/h7-8,12,16H,2-6H2,1H3. The van der Waals surface area contributed by atoms with Gasteiger partial charge in [-0.1, -0.05) is 36.5 Å². The smallest absolute Gasteiger partial charge is 0.142 e. The molecule has 94 valence electrons. The van der Waals surface area contributed by atoms with Gasteiger partial charge in [0.2, 0.25) is 0 Å². The van der Waals surface area contributed by atoms with Crippen LogP contribution in [0.15, 0.2) is 12.1 Å². The number of hydrogen-bond donors (Lipinski definition) is 1. The highest BCUT2D eigenvalue weighted by molar-refractivity contribution is 6.35. The van der Waals surface area contributed by atoms with Crippen molar-refractivity contribution in [2.45, 2.75) is 32.2 Å². The monoisotopic (exact) mass is 273 g/mol. The van der Waals surface area contributed by atoms with E-state index in [2.05, 4.69) is 12.2 Å². The Kier molecular flexibility index (Phi) is 4.55. The summed E-state index contributed by atoms with van der Waals surface area (Å²) in [5, 5.41) is 4.81. The lowest BCUT2D eigenvalue weighted by Gasteiger charge is -2.27. The molecule has 17 heavy (non-hydrogen) atoms. The van der Waals surface area contributed by atoms with Crippen LogP contribution in [0.3, 0.4) is 0 Å². The Labute approximate surface area is 112 Å². The summed E-state index contributed by atoms with van der Waals surface area (Å²) in [6, 6.07) is 3.99. The van der Waals surface area contributed by atoms with Crippen molar-refractivity contribution in [3.8, 4) is 5.75 Å². The molecule has 0 bridgehead atoms. The molecule has 0 fully saturated rings. The largest absolute Gasteiger partial charge is 0.492 e. The van der Waals surface area contributed by atoms with E-state index in [4.69, 9.17) is 27.9 Å². The number of unbranched alkanes of at least 4 members (excludes halogenated alkanes) is 1. The highest BCUT2D eigenvalue weighted by Gasteiger charge is 2.23. The Morgan fingerprint density at radius 1 is 1.41 bits per heavy atom. The topological polar surface area (TPSA) is 21.3 Å². The zero-order valence-corrected chi connectivity index (χ0v) is 11.4. The number of fused-ring (bicyclic) bond motifs is 1.